The minimum Gasteiger partial charge on any atom is -0.493 e. The number of nitrogens with one attached hydrogen (secondary N) is 2. The number of amides is 1. The van der Waals surface area contributed by atoms with Gasteiger partial charge in [0.15, 0.2) is 0 Å². The maximum atomic E-state index is 11.8. The zero-order chi connectivity index (χ0) is 16.7. The Hall–Kier alpha value is -1.59. The number of rotatable bonds is 7. The smallest absolute Gasteiger partial charge is 0.222 e. The molecule has 1 aromatic carbocycles. The van der Waals surface area contributed by atoms with Gasteiger partial charge >= 0.3 is 0 Å². The lowest BCUT2D eigenvalue weighted by atomic mass is 10.1. The van der Waals surface area contributed by atoms with Crippen molar-refractivity contribution >= 4 is 5.91 Å². The third-order valence-corrected chi connectivity index (χ3v) is 4.08. The molecule has 2 N–H and O–H groups in total. The Balaban J connectivity index is 1.63. The van der Waals surface area contributed by atoms with Crippen molar-refractivity contribution in [2.45, 2.75) is 39.7 Å². The fourth-order valence-corrected chi connectivity index (χ4v) is 2.66. The van der Waals surface area contributed by atoms with Gasteiger partial charge in [-0.25, -0.2) is 0 Å². The van der Waals surface area contributed by atoms with E-state index in [1.807, 2.05) is 0 Å². The number of benzene rings is 1. The maximum Gasteiger partial charge on any atom is 0.222 e. The summed E-state index contributed by atoms with van der Waals surface area (Å²) in [6.45, 7) is 9.77. The number of carbonyl (C=O) groups is 1. The highest BCUT2D eigenvalue weighted by molar-refractivity contribution is 5.76. The summed E-state index contributed by atoms with van der Waals surface area (Å²) in [6.07, 6.45) is 1.21. The topological polar surface area (TPSA) is 59.6 Å². The van der Waals surface area contributed by atoms with Crippen molar-refractivity contribution in [1.29, 1.82) is 0 Å². The van der Waals surface area contributed by atoms with Gasteiger partial charge < -0.3 is 20.1 Å². The van der Waals surface area contributed by atoms with Crippen LogP contribution in [0.1, 0.15) is 29.5 Å². The van der Waals surface area contributed by atoms with E-state index in [2.05, 4.69) is 43.5 Å². The van der Waals surface area contributed by atoms with Crippen molar-refractivity contribution in [1.82, 2.24) is 10.6 Å². The second-order valence-electron chi connectivity index (χ2n) is 6.16. The van der Waals surface area contributed by atoms with Gasteiger partial charge in [0, 0.05) is 19.6 Å². The van der Waals surface area contributed by atoms with Crippen LogP contribution in [-0.4, -0.2) is 44.9 Å². The van der Waals surface area contributed by atoms with Crippen LogP contribution in [0.25, 0.3) is 0 Å². The Bertz CT molecular complexity index is 525. The zero-order valence-corrected chi connectivity index (χ0v) is 14.4. The normalized spacial score (nSPS) is 17.8. The molecule has 23 heavy (non-hydrogen) atoms. The van der Waals surface area contributed by atoms with Crippen LogP contribution in [0.15, 0.2) is 12.1 Å². The van der Waals surface area contributed by atoms with Crippen LogP contribution in [0.5, 0.6) is 5.75 Å². The Labute approximate surface area is 138 Å². The van der Waals surface area contributed by atoms with Crippen molar-refractivity contribution in [3.63, 3.8) is 0 Å². The van der Waals surface area contributed by atoms with Gasteiger partial charge in [0.1, 0.15) is 5.75 Å². The first kappa shape index (κ1) is 17.8. The summed E-state index contributed by atoms with van der Waals surface area (Å²) in [7, 11) is 0. The average molecular weight is 320 g/mol. The molecule has 128 valence electrons. The zero-order valence-electron chi connectivity index (χ0n) is 14.4. The molecule has 1 aliphatic rings. The van der Waals surface area contributed by atoms with Crippen LogP contribution in [0.3, 0.4) is 0 Å². The van der Waals surface area contributed by atoms with Crippen LogP contribution in [0.2, 0.25) is 0 Å². The maximum absolute atomic E-state index is 11.8. The van der Waals surface area contributed by atoms with E-state index in [1.54, 1.807) is 0 Å². The van der Waals surface area contributed by atoms with Crippen LogP contribution < -0.4 is 15.4 Å². The van der Waals surface area contributed by atoms with E-state index in [4.69, 9.17) is 9.47 Å². The fourth-order valence-electron chi connectivity index (χ4n) is 2.66. The molecule has 0 aromatic heterocycles. The molecule has 1 heterocycles. The Morgan fingerprint density at radius 1 is 1.39 bits per heavy atom. The molecule has 1 fully saturated rings. The van der Waals surface area contributed by atoms with Gasteiger partial charge in [-0.05, 0) is 49.9 Å². The highest BCUT2D eigenvalue weighted by Crippen LogP contribution is 2.23. The first-order chi connectivity index (χ1) is 11.1. The van der Waals surface area contributed by atoms with E-state index in [0.29, 0.717) is 26.2 Å². The predicted molar refractivity (Wildman–Crippen MR) is 91.0 cm³/mol. The Kier molecular flexibility index (Phi) is 6.86. The number of hydrogen-bond acceptors (Lipinski definition) is 4. The lowest BCUT2D eigenvalue weighted by Crippen LogP contribution is -2.41. The fraction of sp³-hybridized carbons (Fsp3) is 0.611. The number of carbonyl (C=O) groups excluding carboxylic acids is 1. The minimum absolute atomic E-state index is 0.00193. The summed E-state index contributed by atoms with van der Waals surface area (Å²) in [4.78, 5) is 11.8. The predicted octanol–water partition coefficient (Wildman–Crippen LogP) is 1.88. The summed E-state index contributed by atoms with van der Waals surface area (Å²) < 4.78 is 11.4. The summed E-state index contributed by atoms with van der Waals surface area (Å²) >= 11 is 0. The molecule has 0 unspecified atom stereocenters. The molecule has 0 aliphatic carbocycles. The van der Waals surface area contributed by atoms with Gasteiger partial charge in [-0.1, -0.05) is 6.07 Å². The SMILES string of the molecule is Cc1cc(C)c(C)c(OCCCNC(=O)C[C@H]2CNCCO2)c1. The molecule has 5 nitrogen and oxygen atoms in total. The molecular formula is C18H28N2O3. The molecule has 1 amide bonds. The molecule has 5 heteroatoms. The summed E-state index contributed by atoms with van der Waals surface area (Å²) in [5, 5.41) is 6.15. The van der Waals surface area contributed by atoms with Crippen molar-refractivity contribution in [3.05, 3.63) is 28.8 Å². The standard InChI is InChI=1S/C18H28N2O3/c1-13-9-14(2)15(3)17(10-13)23-7-4-5-20-18(21)11-16-12-19-6-8-22-16/h9-10,16,19H,4-8,11-12H2,1-3H3,(H,20,21)/t16-/m0/s1. The first-order valence-corrected chi connectivity index (χ1v) is 8.36. The second-order valence-corrected chi connectivity index (χ2v) is 6.16. The lowest BCUT2D eigenvalue weighted by molar-refractivity contribution is -0.124. The molecule has 1 aromatic rings. The third-order valence-electron chi connectivity index (χ3n) is 4.08. The van der Waals surface area contributed by atoms with E-state index in [-0.39, 0.29) is 12.0 Å². The van der Waals surface area contributed by atoms with E-state index in [1.165, 1.54) is 16.7 Å². The van der Waals surface area contributed by atoms with Gasteiger partial charge in [-0.3, -0.25) is 4.79 Å². The highest BCUT2D eigenvalue weighted by atomic mass is 16.5. The van der Waals surface area contributed by atoms with Crippen molar-refractivity contribution < 1.29 is 14.3 Å². The molecule has 1 saturated heterocycles. The minimum atomic E-state index is -0.00193. The average Bonchev–Trinajstić information content (AvgIpc) is 2.52. The number of morpholine rings is 1. The van der Waals surface area contributed by atoms with Gasteiger partial charge in [-0.2, -0.15) is 0 Å². The molecule has 2 rings (SSSR count). The summed E-state index contributed by atoms with van der Waals surface area (Å²) in [6, 6.07) is 4.22. The largest absolute Gasteiger partial charge is 0.493 e. The van der Waals surface area contributed by atoms with Crippen molar-refractivity contribution in [2.75, 3.05) is 32.8 Å². The van der Waals surface area contributed by atoms with Crippen LogP contribution in [0.4, 0.5) is 0 Å². The molecule has 0 radical (unpaired) electrons. The lowest BCUT2D eigenvalue weighted by Gasteiger charge is -2.23. The Morgan fingerprint density at radius 2 is 2.22 bits per heavy atom. The monoisotopic (exact) mass is 320 g/mol. The number of aryl methyl sites for hydroxylation is 2. The van der Waals surface area contributed by atoms with Gasteiger partial charge in [0.25, 0.3) is 0 Å². The number of ether oxygens (including phenoxy) is 2. The summed E-state index contributed by atoms with van der Waals surface area (Å²) in [5.41, 5.74) is 3.63. The molecule has 0 spiro atoms. The molecule has 1 atom stereocenters. The van der Waals surface area contributed by atoms with Crippen LogP contribution >= 0.6 is 0 Å². The molecule has 0 bridgehead atoms. The van der Waals surface area contributed by atoms with Gasteiger partial charge in [0.05, 0.1) is 25.7 Å². The van der Waals surface area contributed by atoms with Crippen LogP contribution in [-0.2, 0) is 9.53 Å². The van der Waals surface area contributed by atoms with E-state index >= 15 is 0 Å². The molecule has 1 aliphatic heterocycles. The quantitative estimate of drug-likeness (QED) is 0.753. The first-order valence-electron chi connectivity index (χ1n) is 8.36. The Morgan fingerprint density at radius 3 is 2.96 bits per heavy atom. The molecule has 0 saturated carbocycles. The highest BCUT2D eigenvalue weighted by Gasteiger charge is 2.16. The second kappa shape index (κ2) is 8.89. The van der Waals surface area contributed by atoms with E-state index in [9.17, 15) is 4.79 Å². The van der Waals surface area contributed by atoms with Gasteiger partial charge in [0.2, 0.25) is 5.91 Å². The van der Waals surface area contributed by atoms with Crippen molar-refractivity contribution in [2.24, 2.45) is 0 Å². The van der Waals surface area contributed by atoms with Crippen molar-refractivity contribution in [3.8, 4) is 5.75 Å². The summed E-state index contributed by atoms with van der Waals surface area (Å²) in [5.74, 6) is 0.983. The number of hydrogen-bond donors (Lipinski definition) is 2. The molecular weight excluding hydrogens is 292 g/mol. The van der Waals surface area contributed by atoms with E-state index in [0.717, 1.165) is 25.3 Å². The van der Waals surface area contributed by atoms with Gasteiger partial charge in [-0.15, -0.1) is 0 Å². The van der Waals surface area contributed by atoms with Crippen LogP contribution in [0, 0.1) is 20.8 Å². The van der Waals surface area contributed by atoms with E-state index < -0.39 is 0 Å². The third kappa shape index (κ3) is 5.84.